The predicted octanol–water partition coefficient (Wildman–Crippen LogP) is 3.78. The fourth-order valence-corrected chi connectivity index (χ4v) is 1.96. The maximum absolute atomic E-state index is 11.8. The van der Waals surface area contributed by atoms with E-state index in [1.807, 2.05) is 30.3 Å². The highest BCUT2D eigenvalue weighted by atomic mass is 16.6. The Hall–Kier alpha value is -3.08. The van der Waals surface area contributed by atoms with Gasteiger partial charge in [0.25, 0.3) is 0 Å². The molecule has 3 aromatic rings. The Kier molecular flexibility index (Phi) is 4.38. The molecule has 0 aliphatic carbocycles. The van der Waals surface area contributed by atoms with Crippen LogP contribution in [0, 0.1) is 6.92 Å². The number of ether oxygens (including phenoxy) is 2. The highest BCUT2D eigenvalue weighted by molar-refractivity contribution is 5.88. The maximum Gasteiger partial charge on any atom is 0.382 e. The van der Waals surface area contributed by atoms with E-state index in [1.54, 1.807) is 31.2 Å². The van der Waals surface area contributed by atoms with Crippen LogP contribution in [0.1, 0.15) is 21.8 Å². The van der Waals surface area contributed by atoms with Gasteiger partial charge in [-0.15, -0.1) is 0 Å². The summed E-state index contributed by atoms with van der Waals surface area (Å²) < 4.78 is 15.7. The molecule has 0 aliphatic heterocycles. The number of aromatic nitrogens is 1. The summed E-state index contributed by atoms with van der Waals surface area (Å²) in [6, 6.07) is 18.2. The molecule has 5 heteroatoms. The first-order chi connectivity index (χ1) is 11.2. The maximum atomic E-state index is 11.8. The number of rotatable bonds is 5. The molecule has 0 saturated heterocycles. The summed E-state index contributed by atoms with van der Waals surface area (Å²) in [4.78, 5) is 11.8. The van der Waals surface area contributed by atoms with E-state index < -0.39 is 5.97 Å². The van der Waals surface area contributed by atoms with Crippen LogP contribution in [0.5, 0.6) is 11.5 Å². The monoisotopic (exact) mass is 309 g/mol. The van der Waals surface area contributed by atoms with Gasteiger partial charge in [0.15, 0.2) is 0 Å². The van der Waals surface area contributed by atoms with E-state index in [2.05, 4.69) is 5.16 Å². The minimum Gasteiger partial charge on any atom is -0.489 e. The lowest BCUT2D eigenvalue weighted by atomic mass is 10.2. The molecule has 0 saturated carbocycles. The molecule has 0 bridgehead atoms. The Morgan fingerprint density at radius 3 is 2.39 bits per heavy atom. The fourth-order valence-electron chi connectivity index (χ4n) is 1.96. The van der Waals surface area contributed by atoms with Crippen LogP contribution >= 0.6 is 0 Å². The smallest absolute Gasteiger partial charge is 0.382 e. The van der Waals surface area contributed by atoms with Crippen molar-refractivity contribution in [2.75, 3.05) is 0 Å². The van der Waals surface area contributed by atoms with Crippen molar-refractivity contribution in [3.8, 4) is 11.5 Å². The molecular formula is C18H15NO4. The van der Waals surface area contributed by atoms with E-state index in [-0.39, 0.29) is 5.76 Å². The summed E-state index contributed by atoms with van der Waals surface area (Å²) in [5.74, 6) is 0.607. The normalized spacial score (nSPS) is 10.3. The fraction of sp³-hybridized carbons (Fsp3) is 0.111. The molecule has 2 aromatic carbocycles. The summed E-state index contributed by atoms with van der Waals surface area (Å²) in [6.07, 6.45) is 0. The van der Waals surface area contributed by atoms with Crippen molar-refractivity contribution in [3.63, 3.8) is 0 Å². The number of aryl methyl sites for hydroxylation is 1. The molecule has 0 radical (unpaired) electrons. The molecule has 116 valence electrons. The van der Waals surface area contributed by atoms with Gasteiger partial charge in [-0.25, -0.2) is 4.79 Å². The van der Waals surface area contributed by atoms with Gasteiger partial charge >= 0.3 is 5.97 Å². The van der Waals surface area contributed by atoms with Crippen LogP contribution in [-0.4, -0.2) is 11.1 Å². The van der Waals surface area contributed by atoms with E-state index >= 15 is 0 Å². The number of esters is 1. The van der Waals surface area contributed by atoms with Crippen LogP contribution in [-0.2, 0) is 6.61 Å². The third-order valence-corrected chi connectivity index (χ3v) is 3.11. The zero-order chi connectivity index (χ0) is 16.1. The number of hydrogen-bond acceptors (Lipinski definition) is 5. The molecule has 0 unspecified atom stereocenters. The Bertz CT molecular complexity index is 778. The molecule has 0 N–H and O–H groups in total. The number of nitrogens with zero attached hydrogens (tertiary/aromatic N) is 1. The second kappa shape index (κ2) is 6.79. The molecule has 0 aliphatic rings. The third kappa shape index (κ3) is 3.97. The quantitative estimate of drug-likeness (QED) is 0.530. The lowest BCUT2D eigenvalue weighted by Crippen LogP contribution is -2.07. The first-order valence-corrected chi connectivity index (χ1v) is 7.13. The summed E-state index contributed by atoms with van der Waals surface area (Å²) in [6.45, 7) is 2.22. The molecule has 0 atom stereocenters. The standard InChI is InChI=1S/C18H15NO4/c1-13-11-17(23-19-13)18(20)22-16-9-7-15(8-10-16)21-12-14-5-3-2-4-6-14/h2-11H,12H2,1H3. The first kappa shape index (κ1) is 14.8. The van der Waals surface area contributed by atoms with Gasteiger partial charge in [0, 0.05) is 6.07 Å². The minimum absolute atomic E-state index is 0.0758. The van der Waals surface area contributed by atoms with Crippen LogP contribution in [0.3, 0.4) is 0 Å². The molecular weight excluding hydrogens is 294 g/mol. The summed E-state index contributed by atoms with van der Waals surface area (Å²) in [5.41, 5.74) is 1.71. The molecule has 1 heterocycles. The second-order valence-corrected chi connectivity index (χ2v) is 4.97. The Labute approximate surface area is 133 Å². The van der Waals surface area contributed by atoms with Gasteiger partial charge in [0.1, 0.15) is 18.1 Å². The number of carbonyl (C=O) groups is 1. The van der Waals surface area contributed by atoms with Gasteiger partial charge in [-0.2, -0.15) is 0 Å². The van der Waals surface area contributed by atoms with Crippen molar-refractivity contribution < 1.29 is 18.8 Å². The van der Waals surface area contributed by atoms with Crippen LogP contribution in [0.2, 0.25) is 0 Å². The zero-order valence-electron chi connectivity index (χ0n) is 12.6. The summed E-state index contributed by atoms with van der Waals surface area (Å²) in [5, 5.41) is 3.65. The third-order valence-electron chi connectivity index (χ3n) is 3.11. The minimum atomic E-state index is -0.580. The van der Waals surface area contributed by atoms with Gasteiger partial charge in [0.2, 0.25) is 5.76 Å². The van der Waals surface area contributed by atoms with E-state index in [4.69, 9.17) is 14.0 Å². The molecule has 1 aromatic heterocycles. The van der Waals surface area contributed by atoms with E-state index in [9.17, 15) is 4.79 Å². The van der Waals surface area contributed by atoms with Gasteiger partial charge in [-0.3, -0.25) is 0 Å². The van der Waals surface area contributed by atoms with Crippen LogP contribution in [0.4, 0.5) is 0 Å². The number of benzene rings is 2. The van der Waals surface area contributed by atoms with Crippen molar-refractivity contribution in [1.29, 1.82) is 0 Å². The van der Waals surface area contributed by atoms with E-state index in [1.165, 1.54) is 6.07 Å². The highest BCUT2D eigenvalue weighted by Crippen LogP contribution is 2.20. The summed E-state index contributed by atoms with van der Waals surface area (Å²) >= 11 is 0. The van der Waals surface area contributed by atoms with E-state index in [0.29, 0.717) is 23.8 Å². The lowest BCUT2D eigenvalue weighted by molar-refractivity contribution is 0.0691. The molecule has 3 rings (SSSR count). The molecule has 5 nitrogen and oxygen atoms in total. The van der Waals surface area contributed by atoms with Gasteiger partial charge in [-0.05, 0) is 36.8 Å². The predicted molar refractivity (Wildman–Crippen MR) is 83.4 cm³/mol. The average molecular weight is 309 g/mol. The second-order valence-electron chi connectivity index (χ2n) is 4.97. The van der Waals surface area contributed by atoms with Crippen molar-refractivity contribution in [3.05, 3.63) is 77.7 Å². The van der Waals surface area contributed by atoms with Crippen molar-refractivity contribution >= 4 is 5.97 Å². The number of hydrogen-bond donors (Lipinski definition) is 0. The molecule has 0 spiro atoms. The summed E-state index contributed by atoms with van der Waals surface area (Å²) in [7, 11) is 0. The Balaban J connectivity index is 1.57. The SMILES string of the molecule is Cc1cc(C(=O)Oc2ccc(OCc3ccccc3)cc2)on1. The van der Waals surface area contributed by atoms with Crippen LogP contribution < -0.4 is 9.47 Å². The van der Waals surface area contributed by atoms with Crippen molar-refractivity contribution in [1.82, 2.24) is 5.16 Å². The topological polar surface area (TPSA) is 61.6 Å². The van der Waals surface area contributed by atoms with Crippen molar-refractivity contribution in [2.45, 2.75) is 13.5 Å². The average Bonchev–Trinajstić information content (AvgIpc) is 3.02. The Morgan fingerprint density at radius 1 is 1.04 bits per heavy atom. The zero-order valence-corrected chi connectivity index (χ0v) is 12.6. The van der Waals surface area contributed by atoms with Crippen molar-refractivity contribution in [2.24, 2.45) is 0 Å². The first-order valence-electron chi connectivity index (χ1n) is 7.13. The van der Waals surface area contributed by atoms with Crippen LogP contribution in [0.15, 0.2) is 65.2 Å². The Morgan fingerprint density at radius 2 is 1.74 bits per heavy atom. The van der Waals surface area contributed by atoms with Gasteiger partial charge in [-0.1, -0.05) is 35.5 Å². The lowest BCUT2D eigenvalue weighted by Gasteiger charge is -2.07. The molecule has 23 heavy (non-hydrogen) atoms. The van der Waals surface area contributed by atoms with Gasteiger partial charge in [0.05, 0.1) is 5.69 Å². The highest BCUT2D eigenvalue weighted by Gasteiger charge is 2.14. The largest absolute Gasteiger partial charge is 0.489 e. The number of carbonyl (C=O) groups excluding carboxylic acids is 1. The molecule has 0 amide bonds. The van der Waals surface area contributed by atoms with Crippen LogP contribution in [0.25, 0.3) is 0 Å². The molecule has 0 fully saturated rings. The van der Waals surface area contributed by atoms with Gasteiger partial charge < -0.3 is 14.0 Å². The van der Waals surface area contributed by atoms with E-state index in [0.717, 1.165) is 5.56 Å².